The first-order valence-electron chi connectivity index (χ1n) is 7.29. The molecule has 21 heavy (non-hydrogen) atoms. The van der Waals surface area contributed by atoms with Crippen molar-refractivity contribution in [3.8, 4) is 0 Å². The second-order valence-electron chi connectivity index (χ2n) is 5.78. The predicted octanol–water partition coefficient (Wildman–Crippen LogP) is 3.38. The molecular formula is C15H24F3N3. The molecule has 1 rings (SSSR count). The molecule has 6 heteroatoms. The van der Waals surface area contributed by atoms with E-state index in [1.54, 1.807) is 13.8 Å². The molecule has 1 aromatic rings. The van der Waals surface area contributed by atoms with E-state index in [9.17, 15) is 13.2 Å². The molecule has 0 aliphatic heterocycles. The van der Waals surface area contributed by atoms with Gasteiger partial charge in [-0.25, -0.2) is 9.97 Å². The minimum absolute atomic E-state index is 0.140. The molecule has 0 aliphatic rings. The summed E-state index contributed by atoms with van der Waals surface area (Å²) in [6.07, 6.45) is -3.61. The Kier molecular flexibility index (Phi) is 6.58. The second kappa shape index (κ2) is 7.73. The van der Waals surface area contributed by atoms with Crippen LogP contribution in [0.1, 0.15) is 43.0 Å². The molecule has 0 unspecified atom stereocenters. The highest BCUT2D eigenvalue weighted by molar-refractivity contribution is 5.24. The van der Waals surface area contributed by atoms with E-state index in [0.717, 1.165) is 31.5 Å². The summed E-state index contributed by atoms with van der Waals surface area (Å²) in [5, 5.41) is 3.35. The van der Waals surface area contributed by atoms with Crippen LogP contribution in [0.4, 0.5) is 13.2 Å². The molecule has 0 atom stereocenters. The van der Waals surface area contributed by atoms with Crippen LogP contribution in [0.25, 0.3) is 0 Å². The van der Waals surface area contributed by atoms with Crippen LogP contribution in [0.5, 0.6) is 0 Å². The fourth-order valence-corrected chi connectivity index (χ4v) is 2.21. The van der Waals surface area contributed by atoms with Crippen LogP contribution in [0.2, 0.25) is 0 Å². The standard InChI is InChI=1S/C15H24F3N3/c1-10(2)9-19-7-5-6-13-11(3)20-14(21-12(13)4)8-15(16,17)18/h10,19H,5-9H2,1-4H3. The minimum atomic E-state index is -4.26. The molecule has 1 N–H and O–H groups in total. The van der Waals surface area contributed by atoms with Crippen molar-refractivity contribution in [3.63, 3.8) is 0 Å². The van der Waals surface area contributed by atoms with Crippen molar-refractivity contribution < 1.29 is 13.2 Å². The predicted molar refractivity (Wildman–Crippen MR) is 77.3 cm³/mol. The minimum Gasteiger partial charge on any atom is -0.316 e. The van der Waals surface area contributed by atoms with Gasteiger partial charge in [0.25, 0.3) is 0 Å². The van der Waals surface area contributed by atoms with Gasteiger partial charge in [0.05, 0.1) is 0 Å². The van der Waals surface area contributed by atoms with Crippen LogP contribution in [0, 0.1) is 19.8 Å². The molecule has 3 nitrogen and oxygen atoms in total. The first kappa shape index (κ1) is 17.9. The van der Waals surface area contributed by atoms with Crippen molar-refractivity contribution in [2.24, 2.45) is 5.92 Å². The Hall–Kier alpha value is -1.17. The molecule has 1 aromatic heterocycles. The molecule has 0 spiro atoms. The van der Waals surface area contributed by atoms with Gasteiger partial charge in [-0.3, -0.25) is 0 Å². The highest BCUT2D eigenvalue weighted by Gasteiger charge is 2.29. The van der Waals surface area contributed by atoms with E-state index in [1.165, 1.54) is 0 Å². The maximum absolute atomic E-state index is 12.4. The van der Waals surface area contributed by atoms with Crippen LogP contribution in [-0.2, 0) is 12.8 Å². The Bertz CT molecular complexity index is 433. The zero-order valence-electron chi connectivity index (χ0n) is 13.1. The average molecular weight is 303 g/mol. The largest absolute Gasteiger partial charge is 0.396 e. The SMILES string of the molecule is Cc1nc(CC(F)(F)F)nc(C)c1CCCNCC(C)C. The fourth-order valence-electron chi connectivity index (χ4n) is 2.21. The van der Waals surface area contributed by atoms with Crippen molar-refractivity contribution >= 4 is 0 Å². The van der Waals surface area contributed by atoms with Gasteiger partial charge in [0, 0.05) is 11.4 Å². The lowest BCUT2D eigenvalue weighted by Gasteiger charge is -2.12. The van der Waals surface area contributed by atoms with Gasteiger partial charge in [0.1, 0.15) is 12.2 Å². The van der Waals surface area contributed by atoms with E-state index >= 15 is 0 Å². The number of hydrogen-bond donors (Lipinski definition) is 1. The first-order chi connectivity index (χ1) is 9.69. The number of rotatable bonds is 7. The van der Waals surface area contributed by atoms with Gasteiger partial charge in [-0.1, -0.05) is 13.8 Å². The summed E-state index contributed by atoms with van der Waals surface area (Å²) >= 11 is 0. The van der Waals surface area contributed by atoms with Gasteiger partial charge in [0.15, 0.2) is 0 Å². The van der Waals surface area contributed by atoms with Crippen LogP contribution in [-0.4, -0.2) is 29.2 Å². The second-order valence-corrected chi connectivity index (χ2v) is 5.78. The zero-order valence-corrected chi connectivity index (χ0v) is 13.1. The van der Waals surface area contributed by atoms with E-state index in [0.29, 0.717) is 17.3 Å². The fraction of sp³-hybridized carbons (Fsp3) is 0.733. The Morgan fingerprint density at radius 3 is 2.14 bits per heavy atom. The molecule has 0 saturated heterocycles. The maximum Gasteiger partial charge on any atom is 0.396 e. The number of nitrogens with zero attached hydrogens (tertiary/aromatic N) is 2. The Balaban J connectivity index is 2.59. The lowest BCUT2D eigenvalue weighted by atomic mass is 10.1. The van der Waals surface area contributed by atoms with Crippen LogP contribution >= 0.6 is 0 Å². The summed E-state index contributed by atoms with van der Waals surface area (Å²) in [5.74, 6) is 0.470. The van der Waals surface area contributed by atoms with Gasteiger partial charge < -0.3 is 5.32 Å². The Morgan fingerprint density at radius 1 is 1.10 bits per heavy atom. The number of nitrogens with one attached hydrogen (secondary N) is 1. The van der Waals surface area contributed by atoms with Crippen LogP contribution in [0.3, 0.4) is 0 Å². The highest BCUT2D eigenvalue weighted by atomic mass is 19.4. The third kappa shape index (κ3) is 6.89. The van der Waals surface area contributed by atoms with Gasteiger partial charge in [0.2, 0.25) is 0 Å². The Labute approximate surface area is 124 Å². The Morgan fingerprint density at radius 2 is 1.67 bits per heavy atom. The zero-order chi connectivity index (χ0) is 16.0. The van der Waals surface area contributed by atoms with Crippen molar-refractivity contribution in [1.29, 1.82) is 0 Å². The average Bonchev–Trinajstić information content (AvgIpc) is 2.29. The van der Waals surface area contributed by atoms with E-state index in [-0.39, 0.29) is 5.82 Å². The third-order valence-electron chi connectivity index (χ3n) is 3.16. The molecule has 0 saturated carbocycles. The lowest BCUT2D eigenvalue weighted by molar-refractivity contribution is -0.128. The number of aryl methyl sites for hydroxylation is 2. The molecule has 0 amide bonds. The smallest absolute Gasteiger partial charge is 0.316 e. The van der Waals surface area contributed by atoms with Crippen molar-refractivity contribution in [2.45, 2.75) is 53.1 Å². The van der Waals surface area contributed by atoms with E-state index < -0.39 is 12.6 Å². The normalized spacial score (nSPS) is 12.2. The third-order valence-corrected chi connectivity index (χ3v) is 3.16. The highest BCUT2D eigenvalue weighted by Crippen LogP contribution is 2.21. The van der Waals surface area contributed by atoms with E-state index in [1.807, 2.05) is 0 Å². The van der Waals surface area contributed by atoms with E-state index in [2.05, 4.69) is 29.1 Å². The molecule has 120 valence electrons. The summed E-state index contributed by atoms with van der Waals surface area (Å²) in [6.45, 7) is 9.67. The monoisotopic (exact) mass is 303 g/mol. The molecular weight excluding hydrogens is 279 g/mol. The maximum atomic E-state index is 12.4. The lowest BCUT2D eigenvalue weighted by Crippen LogP contribution is -2.21. The molecule has 1 heterocycles. The van der Waals surface area contributed by atoms with Crippen molar-refractivity contribution in [2.75, 3.05) is 13.1 Å². The topological polar surface area (TPSA) is 37.8 Å². The number of halogens is 3. The first-order valence-corrected chi connectivity index (χ1v) is 7.29. The van der Waals surface area contributed by atoms with Crippen LogP contribution < -0.4 is 5.32 Å². The summed E-state index contributed by atoms with van der Waals surface area (Å²) < 4.78 is 37.1. The quantitative estimate of drug-likeness (QED) is 0.785. The van der Waals surface area contributed by atoms with Gasteiger partial charge >= 0.3 is 6.18 Å². The van der Waals surface area contributed by atoms with Crippen molar-refractivity contribution in [3.05, 3.63) is 22.8 Å². The number of hydrogen-bond acceptors (Lipinski definition) is 3. The van der Waals surface area contributed by atoms with Crippen molar-refractivity contribution in [1.82, 2.24) is 15.3 Å². The number of alkyl halides is 3. The summed E-state index contributed by atoms with van der Waals surface area (Å²) in [5.41, 5.74) is 2.28. The summed E-state index contributed by atoms with van der Waals surface area (Å²) in [4.78, 5) is 7.99. The number of aromatic nitrogens is 2. The van der Waals surface area contributed by atoms with Crippen LogP contribution in [0.15, 0.2) is 0 Å². The van der Waals surface area contributed by atoms with Gasteiger partial charge in [-0.2, -0.15) is 13.2 Å². The molecule has 0 aromatic carbocycles. The van der Waals surface area contributed by atoms with Gasteiger partial charge in [-0.05, 0) is 51.3 Å². The summed E-state index contributed by atoms with van der Waals surface area (Å²) in [7, 11) is 0. The van der Waals surface area contributed by atoms with Gasteiger partial charge in [-0.15, -0.1) is 0 Å². The van der Waals surface area contributed by atoms with E-state index in [4.69, 9.17) is 0 Å². The molecule has 0 aliphatic carbocycles. The molecule has 0 fully saturated rings. The summed E-state index contributed by atoms with van der Waals surface area (Å²) in [6, 6.07) is 0. The molecule has 0 radical (unpaired) electrons. The molecule has 0 bridgehead atoms.